The van der Waals surface area contributed by atoms with Crippen molar-refractivity contribution >= 4 is 6.16 Å². The van der Waals surface area contributed by atoms with Gasteiger partial charge < -0.3 is 21.2 Å². The molecular weight excluding hydrogens is 139 g/mol. The van der Waals surface area contributed by atoms with E-state index >= 15 is 0 Å². The second-order valence-electron chi connectivity index (χ2n) is 0.250. The first-order chi connectivity index (χ1) is 1.73. The normalized spacial score (nSPS) is 4.00. The Balaban J connectivity index is -0.0000000450. The van der Waals surface area contributed by atoms with Crippen molar-refractivity contribution in [3.8, 4) is 0 Å². The molecule has 0 saturated carbocycles. The Morgan fingerprint density at radius 3 is 1.33 bits per heavy atom. The van der Waals surface area contributed by atoms with E-state index in [1.807, 2.05) is 0 Å². The molecular formula is CH4NO3Zn+. The molecule has 4 N–H and O–H groups in total. The molecule has 0 atom stereocenters. The number of hydrogen-bond acceptors (Lipinski definition) is 3. The van der Waals surface area contributed by atoms with Gasteiger partial charge in [0.15, 0.2) is 0 Å². The molecule has 0 rings (SSSR count). The maximum Gasteiger partial charge on any atom is 2.00 e. The summed E-state index contributed by atoms with van der Waals surface area (Å²) in [5.74, 6) is 0. The number of carboxylic acid groups (broad SMARTS) is 2. The van der Waals surface area contributed by atoms with Crippen LogP contribution in [0.15, 0.2) is 0 Å². The third-order valence-corrected chi connectivity index (χ3v) is 0. The summed E-state index contributed by atoms with van der Waals surface area (Å²) in [6, 6.07) is 0. The maximum absolute atomic E-state index is 8.33. The molecule has 0 heterocycles. The van der Waals surface area contributed by atoms with Gasteiger partial charge in [0.2, 0.25) is 0 Å². The summed E-state index contributed by atoms with van der Waals surface area (Å²) in [6.45, 7) is 0. The monoisotopic (exact) mass is 142 g/mol. The number of quaternary nitrogens is 1. The Kier molecular flexibility index (Phi) is 25.0. The molecule has 0 radical (unpaired) electrons. The largest absolute Gasteiger partial charge is 2.00 e. The van der Waals surface area contributed by atoms with E-state index in [0.717, 1.165) is 0 Å². The van der Waals surface area contributed by atoms with Crippen LogP contribution in [0.1, 0.15) is 0 Å². The SMILES string of the molecule is O=C([O-])[O-].[NH4+].[Zn+2]. The van der Waals surface area contributed by atoms with Gasteiger partial charge in [-0.2, -0.15) is 0 Å². The molecule has 6 heavy (non-hydrogen) atoms. The minimum Gasteiger partial charge on any atom is -0.652 e. The number of carbonyl (C=O) groups is 1. The van der Waals surface area contributed by atoms with Gasteiger partial charge in [-0.15, -0.1) is 0 Å². The first-order valence-electron chi connectivity index (χ1n) is 0.612. The molecule has 0 aromatic rings. The molecule has 0 amide bonds. The first-order valence-corrected chi connectivity index (χ1v) is 0.612. The summed E-state index contributed by atoms with van der Waals surface area (Å²) < 4.78 is 0. The molecule has 0 aromatic carbocycles. The topological polar surface area (TPSA) is 99.7 Å². The molecule has 0 spiro atoms. The third-order valence-electron chi connectivity index (χ3n) is 0. The van der Waals surface area contributed by atoms with Gasteiger partial charge in [0.25, 0.3) is 0 Å². The van der Waals surface area contributed by atoms with Crippen molar-refractivity contribution in [2.24, 2.45) is 0 Å². The molecule has 0 unspecified atom stereocenters. The molecule has 0 aliphatic rings. The molecule has 4 nitrogen and oxygen atoms in total. The van der Waals surface area contributed by atoms with Crippen LogP contribution in [0.2, 0.25) is 0 Å². The van der Waals surface area contributed by atoms with Crippen LogP contribution in [0.4, 0.5) is 4.79 Å². The van der Waals surface area contributed by atoms with Crippen molar-refractivity contribution < 1.29 is 34.5 Å². The van der Waals surface area contributed by atoms with E-state index in [1.165, 1.54) is 0 Å². The van der Waals surface area contributed by atoms with Crippen LogP contribution in [0.3, 0.4) is 0 Å². The minimum absolute atomic E-state index is 0. The Morgan fingerprint density at radius 1 is 1.33 bits per heavy atom. The quantitative estimate of drug-likeness (QED) is 0.394. The molecule has 0 aromatic heterocycles. The fourth-order valence-electron chi connectivity index (χ4n) is 0. The van der Waals surface area contributed by atoms with Crippen LogP contribution < -0.4 is 16.4 Å². The van der Waals surface area contributed by atoms with Crippen molar-refractivity contribution in [1.82, 2.24) is 6.15 Å². The molecule has 32 valence electrons. The van der Waals surface area contributed by atoms with Crippen molar-refractivity contribution in [3.05, 3.63) is 0 Å². The minimum atomic E-state index is -2.33. The smallest absolute Gasteiger partial charge is 0.652 e. The fourth-order valence-corrected chi connectivity index (χ4v) is 0. The Labute approximate surface area is 47.5 Å². The van der Waals surface area contributed by atoms with Gasteiger partial charge >= 0.3 is 19.5 Å². The molecule has 0 bridgehead atoms. The first kappa shape index (κ1) is 16.9. The van der Waals surface area contributed by atoms with Gasteiger partial charge in [0, 0.05) is 0 Å². The third kappa shape index (κ3) is 1460. The van der Waals surface area contributed by atoms with Crippen molar-refractivity contribution in [1.29, 1.82) is 0 Å². The summed E-state index contributed by atoms with van der Waals surface area (Å²) in [6.07, 6.45) is -2.33. The van der Waals surface area contributed by atoms with Crippen LogP contribution in [0, 0.1) is 0 Å². The maximum atomic E-state index is 8.33. The average molecular weight is 143 g/mol. The molecule has 0 fully saturated rings. The number of rotatable bonds is 0. The zero-order valence-corrected chi connectivity index (χ0v) is 6.40. The van der Waals surface area contributed by atoms with E-state index in [-0.39, 0.29) is 25.6 Å². The number of hydrogen-bond donors (Lipinski definition) is 1. The summed E-state index contributed by atoms with van der Waals surface area (Å²) >= 11 is 0. The summed E-state index contributed by atoms with van der Waals surface area (Å²) in [4.78, 5) is 8.33. The van der Waals surface area contributed by atoms with Gasteiger partial charge in [0.1, 0.15) is 0 Å². The van der Waals surface area contributed by atoms with E-state index in [4.69, 9.17) is 15.0 Å². The van der Waals surface area contributed by atoms with Gasteiger partial charge in [-0.3, -0.25) is 0 Å². The standard InChI is InChI=1S/CH2O3.H3N.Zn/c2-1(3)4;;/h(H2,2,3,4);1H3;/q;;+2/p-1. The van der Waals surface area contributed by atoms with E-state index in [1.54, 1.807) is 0 Å². The predicted molar refractivity (Wildman–Crippen MR) is 11.4 cm³/mol. The van der Waals surface area contributed by atoms with Gasteiger partial charge in [-0.25, -0.2) is 0 Å². The molecule has 0 aliphatic heterocycles. The number of carbonyl (C=O) groups excluding carboxylic acids is 1. The van der Waals surface area contributed by atoms with Gasteiger partial charge in [0.05, 0.1) is 0 Å². The summed E-state index contributed by atoms with van der Waals surface area (Å²) in [5.41, 5.74) is 0. The van der Waals surface area contributed by atoms with Crippen molar-refractivity contribution in [3.63, 3.8) is 0 Å². The summed E-state index contributed by atoms with van der Waals surface area (Å²) in [7, 11) is 0. The van der Waals surface area contributed by atoms with Crippen molar-refractivity contribution in [2.45, 2.75) is 0 Å². The summed E-state index contributed by atoms with van der Waals surface area (Å²) in [5, 5.41) is 16.7. The zero-order chi connectivity index (χ0) is 3.58. The fraction of sp³-hybridized carbons (Fsp3) is 0. The molecule has 0 aliphatic carbocycles. The second-order valence-corrected chi connectivity index (χ2v) is 0.250. The van der Waals surface area contributed by atoms with Crippen LogP contribution in [-0.2, 0) is 19.5 Å². The van der Waals surface area contributed by atoms with Crippen LogP contribution in [-0.4, -0.2) is 6.16 Å². The Hall–Kier alpha value is -0.147. The zero-order valence-electron chi connectivity index (χ0n) is 3.43. The molecule has 5 heteroatoms. The van der Waals surface area contributed by atoms with Crippen LogP contribution >= 0.6 is 0 Å². The van der Waals surface area contributed by atoms with E-state index < -0.39 is 6.16 Å². The van der Waals surface area contributed by atoms with Gasteiger partial charge in [-0.05, 0) is 6.16 Å². The molecule has 0 saturated heterocycles. The average Bonchev–Trinajstić information content (AvgIpc) is 0.811. The predicted octanol–water partition coefficient (Wildman–Crippen LogP) is -2.07. The van der Waals surface area contributed by atoms with E-state index in [2.05, 4.69) is 0 Å². The Morgan fingerprint density at radius 2 is 1.33 bits per heavy atom. The van der Waals surface area contributed by atoms with Crippen LogP contribution in [0.25, 0.3) is 0 Å². The van der Waals surface area contributed by atoms with Gasteiger partial charge in [-0.1, -0.05) is 0 Å². The van der Waals surface area contributed by atoms with E-state index in [0.29, 0.717) is 0 Å². The van der Waals surface area contributed by atoms with E-state index in [9.17, 15) is 0 Å². The van der Waals surface area contributed by atoms with Crippen molar-refractivity contribution in [2.75, 3.05) is 0 Å². The Bertz CT molecular complexity index is 33.8. The van der Waals surface area contributed by atoms with Crippen LogP contribution in [0.5, 0.6) is 0 Å². The second kappa shape index (κ2) is 8.85.